The molecule has 6 heteroatoms. The van der Waals surface area contributed by atoms with Gasteiger partial charge >= 0.3 is 0 Å². The first kappa shape index (κ1) is 14.8. The topological polar surface area (TPSA) is 46.2 Å². The van der Waals surface area contributed by atoms with Crippen LogP contribution in [0.2, 0.25) is 5.02 Å². The summed E-state index contributed by atoms with van der Waals surface area (Å²) >= 11 is 5.92. The number of hydrogen-bond donors (Lipinski definition) is 1. The van der Waals surface area contributed by atoms with Gasteiger partial charge in [-0.15, -0.1) is 0 Å². The fourth-order valence-electron chi connectivity index (χ4n) is 1.73. The van der Waals surface area contributed by atoms with Gasteiger partial charge in [-0.05, 0) is 30.3 Å². The third-order valence-electron chi connectivity index (χ3n) is 2.79. The van der Waals surface area contributed by atoms with Gasteiger partial charge in [-0.1, -0.05) is 23.7 Å². The van der Waals surface area contributed by atoms with Gasteiger partial charge in [0.05, 0.1) is 4.90 Å². The van der Waals surface area contributed by atoms with Crippen LogP contribution >= 0.6 is 11.6 Å². The van der Waals surface area contributed by atoms with E-state index in [2.05, 4.69) is 5.32 Å². The molecule has 0 radical (unpaired) electrons. The van der Waals surface area contributed by atoms with Gasteiger partial charge < -0.3 is 5.32 Å². The molecule has 0 atom stereocenters. The number of halogens is 2. The number of rotatable bonds is 4. The molecule has 0 aliphatic rings. The molecule has 0 spiro atoms. The molecule has 0 amide bonds. The maximum atomic E-state index is 13.6. The summed E-state index contributed by atoms with van der Waals surface area (Å²) in [5.41, 5.74) is 0.936. The van der Waals surface area contributed by atoms with E-state index in [1.807, 2.05) is 0 Å². The summed E-state index contributed by atoms with van der Waals surface area (Å²) in [5, 5.41) is 3.30. The third kappa shape index (κ3) is 3.49. The molecule has 2 aromatic rings. The van der Waals surface area contributed by atoms with Crippen LogP contribution in [0.15, 0.2) is 47.4 Å². The standard InChI is InChI=1S/C14H13ClFNO2S/c1-20(18,19)11-5-2-4-10(8-11)17-9-12-13(15)6-3-7-14(12)16/h2-8,17H,9H2,1H3. The number of benzene rings is 2. The minimum absolute atomic E-state index is 0.179. The van der Waals surface area contributed by atoms with E-state index in [0.29, 0.717) is 16.3 Å². The van der Waals surface area contributed by atoms with Crippen molar-refractivity contribution in [2.75, 3.05) is 11.6 Å². The van der Waals surface area contributed by atoms with Gasteiger partial charge in [0.1, 0.15) is 5.82 Å². The smallest absolute Gasteiger partial charge is 0.175 e. The molecule has 0 saturated heterocycles. The predicted octanol–water partition coefficient (Wildman–Crippen LogP) is 3.49. The Morgan fingerprint density at radius 1 is 1.20 bits per heavy atom. The van der Waals surface area contributed by atoms with E-state index in [1.165, 1.54) is 24.3 Å². The fourth-order valence-corrected chi connectivity index (χ4v) is 2.62. The summed E-state index contributed by atoms with van der Waals surface area (Å²) in [4.78, 5) is 0.210. The lowest BCUT2D eigenvalue weighted by Gasteiger charge is -2.10. The first-order chi connectivity index (χ1) is 9.38. The lowest BCUT2D eigenvalue weighted by molar-refractivity contribution is 0.601. The van der Waals surface area contributed by atoms with Gasteiger partial charge in [0, 0.05) is 29.1 Å². The van der Waals surface area contributed by atoms with Crippen LogP contribution in [0.3, 0.4) is 0 Å². The van der Waals surface area contributed by atoms with Gasteiger partial charge in [-0.2, -0.15) is 0 Å². The molecule has 0 saturated carbocycles. The predicted molar refractivity (Wildman–Crippen MR) is 78.3 cm³/mol. The van der Waals surface area contributed by atoms with Crippen molar-refractivity contribution in [3.63, 3.8) is 0 Å². The zero-order valence-electron chi connectivity index (χ0n) is 10.7. The van der Waals surface area contributed by atoms with E-state index in [4.69, 9.17) is 11.6 Å². The lowest BCUT2D eigenvalue weighted by atomic mass is 10.2. The van der Waals surface area contributed by atoms with Crippen LogP contribution in [-0.2, 0) is 16.4 Å². The molecular weight excluding hydrogens is 301 g/mol. The third-order valence-corrected chi connectivity index (χ3v) is 4.26. The Hall–Kier alpha value is -1.59. The molecule has 2 aromatic carbocycles. The van der Waals surface area contributed by atoms with E-state index in [0.717, 1.165) is 6.26 Å². The zero-order valence-corrected chi connectivity index (χ0v) is 12.3. The van der Waals surface area contributed by atoms with E-state index < -0.39 is 15.7 Å². The van der Waals surface area contributed by atoms with Crippen molar-refractivity contribution in [3.05, 3.63) is 58.9 Å². The molecule has 0 bridgehead atoms. The van der Waals surface area contributed by atoms with Gasteiger partial charge in [-0.3, -0.25) is 0 Å². The van der Waals surface area contributed by atoms with Gasteiger partial charge in [0.15, 0.2) is 9.84 Å². The molecule has 0 aliphatic heterocycles. The Balaban J connectivity index is 2.20. The Bertz CT molecular complexity index is 711. The van der Waals surface area contributed by atoms with Crippen molar-refractivity contribution in [1.82, 2.24) is 0 Å². The maximum Gasteiger partial charge on any atom is 0.175 e. The van der Waals surface area contributed by atoms with Gasteiger partial charge in [-0.25, -0.2) is 12.8 Å². The molecular formula is C14H13ClFNO2S. The molecule has 3 nitrogen and oxygen atoms in total. The molecule has 0 unspecified atom stereocenters. The number of anilines is 1. The van der Waals surface area contributed by atoms with Crippen molar-refractivity contribution < 1.29 is 12.8 Å². The van der Waals surface area contributed by atoms with E-state index >= 15 is 0 Å². The molecule has 0 aromatic heterocycles. The summed E-state index contributed by atoms with van der Waals surface area (Å²) in [5.74, 6) is -0.399. The highest BCUT2D eigenvalue weighted by Crippen LogP contribution is 2.21. The highest BCUT2D eigenvalue weighted by molar-refractivity contribution is 7.90. The number of hydrogen-bond acceptors (Lipinski definition) is 3. The Kier molecular flexibility index (Phi) is 4.30. The van der Waals surface area contributed by atoms with Crippen LogP contribution in [0.1, 0.15) is 5.56 Å². The second-order valence-corrected chi connectivity index (χ2v) is 6.78. The SMILES string of the molecule is CS(=O)(=O)c1cccc(NCc2c(F)cccc2Cl)c1. The molecule has 0 heterocycles. The van der Waals surface area contributed by atoms with Crippen molar-refractivity contribution in [3.8, 4) is 0 Å². The molecule has 2 rings (SSSR count). The first-order valence-corrected chi connectivity index (χ1v) is 8.12. The summed E-state index contributed by atoms with van der Waals surface area (Å²) in [6.07, 6.45) is 1.14. The van der Waals surface area contributed by atoms with Crippen LogP contribution in [0.25, 0.3) is 0 Å². The molecule has 0 aliphatic carbocycles. The Morgan fingerprint density at radius 3 is 2.55 bits per heavy atom. The molecule has 1 N–H and O–H groups in total. The monoisotopic (exact) mass is 313 g/mol. The average molecular weight is 314 g/mol. The van der Waals surface area contributed by atoms with E-state index in [-0.39, 0.29) is 11.4 Å². The highest BCUT2D eigenvalue weighted by Gasteiger charge is 2.09. The van der Waals surface area contributed by atoms with E-state index in [1.54, 1.807) is 18.2 Å². The summed E-state index contributed by atoms with van der Waals surface area (Å²) in [6.45, 7) is 0.179. The van der Waals surface area contributed by atoms with E-state index in [9.17, 15) is 12.8 Å². The second kappa shape index (κ2) is 5.81. The average Bonchev–Trinajstić information content (AvgIpc) is 2.37. The Labute approximate surface area is 122 Å². The van der Waals surface area contributed by atoms with Crippen molar-refractivity contribution in [2.24, 2.45) is 0 Å². The summed E-state index contributed by atoms with van der Waals surface area (Å²) < 4.78 is 36.5. The van der Waals surface area contributed by atoms with Crippen LogP contribution in [0.4, 0.5) is 10.1 Å². The van der Waals surface area contributed by atoms with Crippen molar-refractivity contribution >= 4 is 27.1 Å². The van der Waals surface area contributed by atoms with Gasteiger partial charge in [0.25, 0.3) is 0 Å². The van der Waals surface area contributed by atoms with Crippen molar-refractivity contribution in [2.45, 2.75) is 11.4 Å². The Morgan fingerprint density at radius 2 is 1.90 bits per heavy atom. The maximum absolute atomic E-state index is 13.6. The molecule has 106 valence electrons. The largest absolute Gasteiger partial charge is 0.381 e. The minimum atomic E-state index is -3.26. The normalized spacial score (nSPS) is 11.3. The number of nitrogens with one attached hydrogen (secondary N) is 1. The highest BCUT2D eigenvalue weighted by atomic mass is 35.5. The summed E-state index contributed by atoms with van der Waals surface area (Å²) in [7, 11) is -3.26. The van der Waals surface area contributed by atoms with Crippen molar-refractivity contribution in [1.29, 1.82) is 0 Å². The van der Waals surface area contributed by atoms with Crippen LogP contribution in [-0.4, -0.2) is 14.7 Å². The van der Waals surface area contributed by atoms with Gasteiger partial charge in [0.2, 0.25) is 0 Å². The number of sulfone groups is 1. The zero-order chi connectivity index (χ0) is 14.8. The molecule has 20 heavy (non-hydrogen) atoms. The second-order valence-electron chi connectivity index (χ2n) is 4.35. The van der Waals surface area contributed by atoms with Crippen LogP contribution < -0.4 is 5.32 Å². The first-order valence-electron chi connectivity index (χ1n) is 5.85. The lowest BCUT2D eigenvalue weighted by Crippen LogP contribution is -2.04. The summed E-state index contributed by atoms with van der Waals surface area (Å²) in [6, 6.07) is 10.8. The quantitative estimate of drug-likeness (QED) is 0.939. The fraction of sp³-hybridized carbons (Fsp3) is 0.143. The molecule has 0 fully saturated rings. The minimum Gasteiger partial charge on any atom is -0.381 e. The van der Waals surface area contributed by atoms with Crippen LogP contribution in [0.5, 0.6) is 0 Å². The van der Waals surface area contributed by atoms with Crippen LogP contribution in [0, 0.1) is 5.82 Å².